The predicted octanol–water partition coefficient (Wildman–Crippen LogP) is 1.05. The molecule has 1 unspecified atom stereocenters. The van der Waals surface area contributed by atoms with Crippen LogP contribution in [0.5, 0.6) is 0 Å². The Hall–Kier alpha value is -2.18. The Morgan fingerprint density at radius 3 is 2.62 bits per heavy atom. The van der Waals surface area contributed by atoms with Crippen molar-refractivity contribution in [3.05, 3.63) is 11.4 Å². The molecule has 7 nitrogen and oxygen atoms in total. The van der Waals surface area contributed by atoms with Gasteiger partial charge in [0.2, 0.25) is 5.91 Å². The molecule has 0 aliphatic carbocycles. The third-order valence-electron chi connectivity index (χ3n) is 3.68. The van der Waals surface area contributed by atoms with Gasteiger partial charge in [-0.2, -0.15) is 0 Å². The summed E-state index contributed by atoms with van der Waals surface area (Å²) in [4.78, 5) is 33.5. The van der Waals surface area contributed by atoms with Crippen LogP contribution in [0.3, 0.4) is 0 Å². The number of carbonyl (C=O) groups is 2. The maximum atomic E-state index is 12.1. The van der Waals surface area contributed by atoms with E-state index < -0.39 is 6.04 Å². The van der Waals surface area contributed by atoms with Crippen LogP contribution >= 0.6 is 0 Å². The molecule has 21 heavy (non-hydrogen) atoms. The quantitative estimate of drug-likeness (QED) is 0.807. The van der Waals surface area contributed by atoms with Crippen LogP contribution in [-0.2, 0) is 9.59 Å². The molecule has 1 aliphatic rings. The van der Waals surface area contributed by atoms with Crippen LogP contribution in [0.4, 0.5) is 11.6 Å². The van der Waals surface area contributed by atoms with Gasteiger partial charge in [0.1, 0.15) is 23.5 Å². The monoisotopic (exact) mass is 291 g/mol. The Balaban J connectivity index is 2.27. The minimum atomic E-state index is -0.458. The number of likely N-dealkylation sites (N-methyl/N-ethyl adjacent to an activating group) is 1. The van der Waals surface area contributed by atoms with E-state index >= 15 is 0 Å². The molecule has 2 heterocycles. The number of rotatable bonds is 3. The summed E-state index contributed by atoms with van der Waals surface area (Å²) in [5, 5.41) is 3.11. The van der Waals surface area contributed by atoms with E-state index in [4.69, 9.17) is 5.73 Å². The molecule has 114 valence electrons. The molecule has 2 rings (SSSR count). The highest BCUT2D eigenvalue weighted by Gasteiger charge is 2.32. The number of anilines is 2. The molecule has 1 aromatic heterocycles. The number of hydrogen-bond donors (Lipinski definition) is 2. The normalized spacial score (nSPS) is 19.3. The van der Waals surface area contributed by atoms with E-state index in [0.717, 1.165) is 4.90 Å². The highest BCUT2D eigenvalue weighted by Crippen LogP contribution is 2.23. The first-order chi connectivity index (χ1) is 9.81. The molecular weight excluding hydrogens is 270 g/mol. The van der Waals surface area contributed by atoms with Gasteiger partial charge in [-0.05, 0) is 13.3 Å². The van der Waals surface area contributed by atoms with Gasteiger partial charge in [-0.3, -0.25) is 14.5 Å². The number of carbonyl (C=O) groups excluding carboxylic acids is 2. The van der Waals surface area contributed by atoms with Gasteiger partial charge >= 0.3 is 0 Å². The number of hydrogen-bond acceptors (Lipinski definition) is 6. The minimum absolute atomic E-state index is 0.139. The Labute approximate surface area is 123 Å². The standard InChI is InChI=1S/C14H21N5O2/c1-7(2)12-17-11(15)8(3)13(18-12)16-9-5-6-10(20)19(4)14(9)21/h7,9H,5-6H2,1-4H3,(H3,15,16,17,18). The Morgan fingerprint density at radius 2 is 2.00 bits per heavy atom. The number of aromatic nitrogens is 2. The first kappa shape index (κ1) is 15.2. The topological polar surface area (TPSA) is 101 Å². The van der Waals surface area contributed by atoms with Gasteiger partial charge in [0.05, 0.1) is 0 Å². The number of piperidine rings is 1. The van der Waals surface area contributed by atoms with Crippen molar-refractivity contribution in [2.75, 3.05) is 18.1 Å². The lowest BCUT2D eigenvalue weighted by molar-refractivity contribution is -0.146. The lowest BCUT2D eigenvalue weighted by atomic mass is 10.0. The molecule has 1 aliphatic heterocycles. The molecular formula is C14H21N5O2. The van der Waals surface area contributed by atoms with Gasteiger partial charge in [-0.1, -0.05) is 13.8 Å². The smallest absolute Gasteiger partial charge is 0.251 e. The molecule has 1 aromatic rings. The van der Waals surface area contributed by atoms with Crippen molar-refractivity contribution < 1.29 is 9.59 Å². The van der Waals surface area contributed by atoms with E-state index in [1.165, 1.54) is 7.05 Å². The van der Waals surface area contributed by atoms with Crippen molar-refractivity contribution >= 4 is 23.5 Å². The number of nitrogen functional groups attached to an aromatic ring is 1. The zero-order valence-corrected chi connectivity index (χ0v) is 12.8. The van der Waals surface area contributed by atoms with Gasteiger partial charge in [0.15, 0.2) is 0 Å². The molecule has 0 aromatic carbocycles. The summed E-state index contributed by atoms with van der Waals surface area (Å²) in [5.41, 5.74) is 6.62. The van der Waals surface area contributed by atoms with Crippen molar-refractivity contribution in [1.82, 2.24) is 14.9 Å². The molecule has 1 atom stereocenters. The van der Waals surface area contributed by atoms with Crippen LogP contribution in [0.2, 0.25) is 0 Å². The Bertz CT molecular complexity index is 585. The fraction of sp³-hybridized carbons (Fsp3) is 0.571. The van der Waals surface area contributed by atoms with Crippen molar-refractivity contribution in [3.8, 4) is 0 Å². The predicted molar refractivity (Wildman–Crippen MR) is 79.7 cm³/mol. The summed E-state index contributed by atoms with van der Waals surface area (Å²) in [6, 6.07) is -0.458. The SMILES string of the molecule is Cc1c(N)nc(C(C)C)nc1NC1CCC(=O)N(C)C1=O. The van der Waals surface area contributed by atoms with Gasteiger partial charge in [-0.25, -0.2) is 9.97 Å². The van der Waals surface area contributed by atoms with Crippen LogP contribution in [0.25, 0.3) is 0 Å². The summed E-state index contributed by atoms with van der Waals surface area (Å²) < 4.78 is 0. The zero-order chi connectivity index (χ0) is 15.7. The van der Waals surface area contributed by atoms with E-state index in [1.54, 1.807) is 0 Å². The second-order valence-corrected chi connectivity index (χ2v) is 5.62. The van der Waals surface area contributed by atoms with Crippen LogP contribution in [0, 0.1) is 6.92 Å². The second-order valence-electron chi connectivity index (χ2n) is 5.62. The fourth-order valence-electron chi connectivity index (χ4n) is 2.17. The lowest BCUT2D eigenvalue weighted by Crippen LogP contribution is -2.48. The fourth-order valence-corrected chi connectivity index (χ4v) is 2.17. The Morgan fingerprint density at radius 1 is 1.33 bits per heavy atom. The number of likely N-dealkylation sites (tertiary alicyclic amines) is 1. The summed E-state index contributed by atoms with van der Waals surface area (Å²) in [6.07, 6.45) is 0.804. The molecule has 1 fully saturated rings. The van der Waals surface area contributed by atoms with Crippen molar-refractivity contribution in [3.63, 3.8) is 0 Å². The van der Waals surface area contributed by atoms with E-state index in [2.05, 4.69) is 15.3 Å². The van der Waals surface area contributed by atoms with Gasteiger partial charge in [0.25, 0.3) is 5.91 Å². The van der Waals surface area contributed by atoms with E-state index in [1.807, 2.05) is 20.8 Å². The minimum Gasteiger partial charge on any atom is -0.383 e. The summed E-state index contributed by atoms with van der Waals surface area (Å²) in [7, 11) is 1.50. The Kier molecular flexibility index (Phi) is 4.11. The molecule has 0 saturated carbocycles. The van der Waals surface area contributed by atoms with Gasteiger partial charge < -0.3 is 11.1 Å². The average molecular weight is 291 g/mol. The van der Waals surface area contributed by atoms with Crippen LogP contribution < -0.4 is 11.1 Å². The van der Waals surface area contributed by atoms with E-state index in [0.29, 0.717) is 35.9 Å². The molecule has 0 radical (unpaired) electrons. The molecule has 1 saturated heterocycles. The third kappa shape index (κ3) is 2.96. The van der Waals surface area contributed by atoms with Crippen molar-refractivity contribution in [2.45, 2.75) is 45.6 Å². The first-order valence-corrected chi connectivity index (χ1v) is 7.02. The summed E-state index contributed by atoms with van der Waals surface area (Å²) in [5.74, 6) is 1.35. The van der Waals surface area contributed by atoms with Crippen LogP contribution in [-0.4, -0.2) is 39.8 Å². The second kappa shape index (κ2) is 5.67. The number of amides is 2. The lowest BCUT2D eigenvalue weighted by Gasteiger charge is -2.29. The average Bonchev–Trinajstić information content (AvgIpc) is 2.43. The van der Waals surface area contributed by atoms with Crippen molar-refractivity contribution in [1.29, 1.82) is 0 Å². The van der Waals surface area contributed by atoms with E-state index in [9.17, 15) is 9.59 Å². The van der Waals surface area contributed by atoms with Crippen LogP contribution in [0.15, 0.2) is 0 Å². The van der Waals surface area contributed by atoms with E-state index in [-0.39, 0.29) is 17.7 Å². The number of nitrogens with two attached hydrogens (primary N) is 1. The molecule has 0 spiro atoms. The third-order valence-corrected chi connectivity index (χ3v) is 3.68. The molecule has 2 amide bonds. The first-order valence-electron chi connectivity index (χ1n) is 7.02. The maximum absolute atomic E-state index is 12.1. The number of nitrogens with one attached hydrogen (secondary N) is 1. The van der Waals surface area contributed by atoms with Gasteiger partial charge in [0, 0.05) is 24.9 Å². The number of nitrogens with zero attached hydrogens (tertiary/aromatic N) is 3. The number of imide groups is 1. The van der Waals surface area contributed by atoms with Crippen LogP contribution in [0.1, 0.15) is 44.0 Å². The highest BCUT2D eigenvalue weighted by atomic mass is 16.2. The molecule has 7 heteroatoms. The molecule has 0 bridgehead atoms. The summed E-state index contributed by atoms with van der Waals surface area (Å²) >= 11 is 0. The van der Waals surface area contributed by atoms with Gasteiger partial charge in [-0.15, -0.1) is 0 Å². The van der Waals surface area contributed by atoms with Crippen molar-refractivity contribution in [2.24, 2.45) is 0 Å². The molecule has 3 N–H and O–H groups in total. The zero-order valence-electron chi connectivity index (χ0n) is 12.8. The maximum Gasteiger partial charge on any atom is 0.251 e. The largest absolute Gasteiger partial charge is 0.383 e. The summed E-state index contributed by atoms with van der Waals surface area (Å²) in [6.45, 7) is 5.77. The highest BCUT2D eigenvalue weighted by molar-refractivity contribution is 6.01.